The molecule has 1 aromatic heterocycles. The quantitative estimate of drug-likeness (QED) is 0.914. The third-order valence-electron chi connectivity index (χ3n) is 3.17. The van der Waals surface area contributed by atoms with Crippen molar-refractivity contribution in [3.05, 3.63) is 47.9 Å². The fourth-order valence-electron chi connectivity index (χ4n) is 1.85. The molecule has 0 saturated heterocycles. The minimum absolute atomic E-state index is 0.398. The maximum absolute atomic E-state index is 5.61. The lowest BCUT2D eigenvalue weighted by Crippen LogP contribution is -2.12. The largest absolute Gasteiger partial charge is 0.329 e. The van der Waals surface area contributed by atoms with Gasteiger partial charge >= 0.3 is 0 Å². The van der Waals surface area contributed by atoms with Crippen molar-refractivity contribution in [3.63, 3.8) is 0 Å². The summed E-state index contributed by atoms with van der Waals surface area (Å²) in [5.74, 6) is 1.30. The average molecular weight is 256 g/mol. The Morgan fingerprint density at radius 3 is 2.42 bits per heavy atom. The van der Waals surface area contributed by atoms with Gasteiger partial charge in [0.1, 0.15) is 12.1 Å². The molecule has 0 amide bonds. The van der Waals surface area contributed by atoms with Gasteiger partial charge in [-0.05, 0) is 23.6 Å². The van der Waals surface area contributed by atoms with Crippen molar-refractivity contribution < 1.29 is 0 Å². The van der Waals surface area contributed by atoms with Gasteiger partial charge in [-0.2, -0.15) is 0 Å². The second kappa shape index (κ2) is 5.80. The molecular weight excluding hydrogens is 236 g/mol. The molecule has 2 rings (SSSR count). The molecule has 1 aromatic carbocycles. The molecule has 100 valence electrons. The maximum atomic E-state index is 5.61. The summed E-state index contributed by atoms with van der Waals surface area (Å²) in [5, 5.41) is 0. The third kappa shape index (κ3) is 3.09. The molecule has 4 heteroatoms. The summed E-state index contributed by atoms with van der Waals surface area (Å²) in [6.07, 6.45) is 1.62. The highest BCUT2D eigenvalue weighted by Gasteiger charge is 2.08. The molecule has 2 N–H and O–H groups in total. The van der Waals surface area contributed by atoms with Gasteiger partial charge in [-0.25, -0.2) is 9.97 Å². The summed E-state index contributed by atoms with van der Waals surface area (Å²) in [4.78, 5) is 10.7. The van der Waals surface area contributed by atoms with Crippen LogP contribution < -0.4 is 10.6 Å². The lowest BCUT2D eigenvalue weighted by atomic mass is 10.1. The Labute approximate surface area is 114 Å². The number of hydrogen-bond acceptors (Lipinski definition) is 4. The minimum Gasteiger partial charge on any atom is -0.329 e. The molecule has 0 aliphatic heterocycles. The second-order valence-electron chi connectivity index (χ2n) is 4.89. The number of hydrogen-bond donors (Lipinski definition) is 1. The SMILES string of the molecule is CC(C)c1cc(N(C)c2ccc(CN)cc2)ncn1. The fourth-order valence-corrected chi connectivity index (χ4v) is 1.85. The van der Waals surface area contributed by atoms with E-state index in [0.29, 0.717) is 12.5 Å². The van der Waals surface area contributed by atoms with Crippen LogP contribution in [0.4, 0.5) is 11.5 Å². The van der Waals surface area contributed by atoms with Gasteiger partial charge in [0.15, 0.2) is 0 Å². The molecule has 0 spiro atoms. The van der Waals surface area contributed by atoms with Crippen LogP contribution >= 0.6 is 0 Å². The molecule has 0 bridgehead atoms. The maximum Gasteiger partial charge on any atom is 0.136 e. The van der Waals surface area contributed by atoms with Crippen molar-refractivity contribution in [1.29, 1.82) is 0 Å². The van der Waals surface area contributed by atoms with E-state index >= 15 is 0 Å². The van der Waals surface area contributed by atoms with E-state index in [4.69, 9.17) is 5.73 Å². The first kappa shape index (κ1) is 13.5. The van der Waals surface area contributed by atoms with E-state index in [2.05, 4.69) is 35.9 Å². The minimum atomic E-state index is 0.398. The van der Waals surface area contributed by atoms with Crippen LogP contribution in [-0.2, 0) is 6.54 Å². The van der Waals surface area contributed by atoms with E-state index in [1.54, 1.807) is 6.33 Å². The summed E-state index contributed by atoms with van der Waals surface area (Å²) in [6, 6.07) is 10.2. The average Bonchev–Trinajstić information content (AvgIpc) is 2.46. The smallest absolute Gasteiger partial charge is 0.136 e. The van der Waals surface area contributed by atoms with Gasteiger partial charge in [0.05, 0.1) is 0 Å². The van der Waals surface area contributed by atoms with Crippen molar-refractivity contribution in [2.75, 3.05) is 11.9 Å². The van der Waals surface area contributed by atoms with Crippen LogP contribution in [0.2, 0.25) is 0 Å². The monoisotopic (exact) mass is 256 g/mol. The predicted octanol–water partition coefficient (Wildman–Crippen LogP) is 2.83. The van der Waals surface area contributed by atoms with Crippen LogP contribution in [0, 0.1) is 0 Å². The third-order valence-corrected chi connectivity index (χ3v) is 3.17. The zero-order valence-corrected chi connectivity index (χ0v) is 11.7. The molecule has 0 unspecified atom stereocenters. The molecule has 19 heavy (non-hydrogen) atoms. The molecule has 0 aliphatic carbocycles. The highest BCUT2D eigenvalue weighted by atomic mass is 15.2. The Bertz CT molecular complexity index is 534. The van der Waals surface area contributed by atoms with Crippen molar-refractivity contribution in [3.8, 4) is 0 Å². The van der Waals surface area contributed by atoms with Gasteiger partial charge in [0.25, 0.3) is 0 Å². The summed E-state index contributed by atoms with van der Waals surface area (Å²) in [5.41, 5.74) is 8.87. The molecule has 0 fully saturated rings. The van der Waals surface area contributed by atoms with Crippen LogP contribution in [0.25, 0.3) is 0 Å². The van der Waals surface area contributed by atoms with Crippen molar-refractivity contribution in [2.45, 2.75) is 26.3 Å². The molecule has 0 aliphatic rings. The number of aromatic nitrogens is 2. The number of nitrogens with two attached hydrogens (primary N) is 1. The van der Waals surface area contributed by atoms with Crippen LogP contribution in [-0.4, -0.2) is 17.0 Å². The first-order chi connectivity index (χ1) is 9.11. The zero-order valence-electron chi connectivity index (χ0n) is 11.7. The number of benzene rings is 1. The second-order valence-corrected chi connectivity index (χ2v) is 4.89. The van der Waals surface area contributed by atoms with Gasteiger partial charge in [-0.15, -0.1) is 0 Å². The standard InChI is InChI=1S/C15H20N4/c1-11(2)14-8-15(18-10-17-14)19(3)13-6-4-12(9-16)5-7-13/h4-8,10-11H,9,16H2,1-3H3. The summed E-state index contributed by atoms with van der Waals surface area (Å²) in [6.45, 7) is 4.82. The molecule has 4 nitrogen and oxygen atoms in total. The molecule has 1 heterocycles. The van der Waals surface area contributed by atoms with Gasteiger partial charge in [-0.1, -0.05) is 26.0 Å². The Hall–Kier alpha value is -1.94. The number of rotatable bonds is 4. The predicted molar refractivity (Wildman–Crippen MR) is 78.5 cm³/mol. The van der Waals surface area contributed by atoms with Crippen LogP contribution in [0.1, 0.15) is 31.0 Å². The van der Waals surface area contributed by atoms with E-state index in [1.165, 1.54) is 0 Å². The number of nitrogens with zero attached hydrogens (tertiary/aromatic N) is 3. The fraction of sp³-hybridized carbons (Fsp3) is 0.333. The normalized spacial score (nSPS) is 10.8. The molecule has 0 atom stereocenters. The topological polar surface area (TPSA) is 55.0 Å². The van der Waals surface area contributed by atoms with Crippen LogP contribution in [0.3, 0.4) is 0 Å². The van der Waals surface area contributed by atoms with E-state index in [9.17, 15) is 0 Å². The Morgan fingerprint density at radius 2 is 1.84 bits per heavy atom. The lowest BCUT2D eigenvalue weighted by Gasteiger charge is -2.19. The highest BCUT2D eigenvalue weighted by Crippen LogP contribution is 2.23. The van der Waals surface area contributed by atoms with Gasteiger partial charge in [0, 0.05) is 31.0 Å². The van der Waals surface area contributed by atoms with Crippen molar-refractivity contribution >= 4 is 11.5 Å². The molecule has 2 aromatic rings. The zero-order chi connectivity index (χ0) is 13.8. The Balaban J connectivity index is 2.27. The van der Waals surface area contributed by atoms with Crippen LogP contribution in [0.15, 0.2) is 36.7 Å². The summed E-state index contributed by atoms with van der Waals surface area (Å²) < 4.78 is 0. The summed E-state index contributed by atoms with van der Waals surface area (Å²) in [7, 11) is 2.00. The van der Waals surface area contributed by atoms with Crippen molar-refractivity contribution in [2.24, 2.45) is 5.73 Å². The van der Waals surface area contributed by atoms with Gasteiger partial charge in [-0.3, -0.25) is 0 Å². The lowest BCUT2D eigenvalue weighted by molar-refractivity contribution is 0.812. The van der Waals surface area contributed by atoms with E-state index in [1.807, 2.05) is 30.1 Å². The van der Waals surface area contributed by atoms with E-state index in [0.717, 1.165) is 22.8 Å². The number of anilines is 2. The van der Waals surface area contributed by atoms with E-state index < -0.39 is 0 Å². The Kier molecular flexibility index (Phi) is 4.12. The molecule has 0 saturated carbocycles. The molecule has 0 radical (unpaired) electrons. The summed E-state index contributed by atoms with van der Waals surface area (Å²) >= 11 is 0. The van der Waals surface area contributed by atoms with E-state index in [-0.39, 0.29) is 0 Å². The van der Waals surface area contributed by atoms with Gasteiger partial charge < -0.3 is 10.6 Å². The van der Waals surface area contributed by atoms with Crippen LogP contribution in [0.5, 0.6) is 0 Å². The Morgan fingerprint density at radius 1 is 1.16 bits per heavy atom. The van der Waals surface area contributed by atoms with Gasteiger partial charge in [0.2, 0.25) is 0 Å². The molecular formula is C15H20N4. The first-order valence-corrected chi connectivity index (χ1v) is 6.46. The first-order valence-electron chi connectivity index (χ1n) is 6.46. The highest BCUT2D eigenvalue weighted by molar-refractivity contribution is 5.59. The van der Waals surface area contributed by atoms with Crippen molar-refractivity contribution in [1.82, 2.24) is 9.97 Å².